The smallest absolute Gasteiger partial charge is 0.225 e. The minimum absolute atomic E-state index is 0.0424. The number of methoxy groups -OCH3 is 1. The third-order valence-electron chi connectivity index (χ3n) is 6.10. The van der Waals surface area contributed by atoms with E-state index in [2.05, 4.69) is 20.8 Å². The van der Waals surface area contributed by atoms with Crippen LogP contribution in [0.2, 0.25) is 0 Å². The van der Waals surface area contributed by atoms with Gasteiger partial charge in [0, 0.05) is 44.1 Å². The molecule has 1 N–H and O–H groups in total. The van der Waals surface area contributed by atoms with Gasteiger partial charge in [-0.25, -0.2) is 9.07 Å². The number of tetrazole rings is 1. The Balaban J connectivity index is 1.58. The van der Waals surface area contributed by atoms with Crippen LogP contribution in [0.4, 0.5) is 4.39 Å². The molecule has 0 aliphatic heterocycles. The predicted molar refractivity (Wildman–Crippen MR) is 117 cm³/mol. The average Bonchev–Trinajstić information content (AvgIpc) is 3.48. The summed E-state index contributed by atoms with van der Waals surface area (Å²) in [5.41, 5.74) is 2.76. The number of nitrogens with one attached hydrogen (secondary N) is 1. The SMILES string of the molecule is COc1ccc(-n2cnnn2)cc1CN[C@H]1CC[C@H](C(=O)N(C)C)[C@H]1c1ccc(F)cc1. The van der Waals surface area contributed by atoms with E-state index in [1.54, 1.807) is 42.9 Å². The van der Waals surface area contributed by atoms with Crippen LogP contribution >= 0.6 is 0 Å². The first kappa shape index (κ1) is 21.9. The average molecular weight is 439 g/mol. The summed E-state index contributed by atoms with van der Waals surface area (Å²) in [6.45, 7) is 0.546. The topological polar surface area (TPSA) is 85.2 Å². The van der Waals surface area contributed by atoms with Gasteiger partial charge < -0.3 is 15.0 Å². The number of carbonyl (C=O) groups excluding carboxylic acids is 1. The third kappa shape index (κ3) is 4.47. The molecule has 1 aliphatic rings. The van der Waals surface area contributed by atoms with Gasteiger partial charge >= 0.3 is 0 Å². The monoisotopic (exact) mass is 438 g/mol. The highest BCUT2D eigenvalue weighted by atomic mass is 19.1. The van der Waals surface area contributed by atoms with Crippen molar-refractivity contribution in [2.75, 3.05) is 21.2 Å². The maximum Gasteiger partial charge on any atom is 0.225 e. The van der Waals surface area contributed by atoms with Crippen LogP contribution in [0.3, 0.4) is 0 Å². The van der Waals surface area contributed by atoms with Crippen LogP contribution < -0.4 is 10.1 Å². The molecule has 0 saturated heterocycles. The summed E-state index contributed by atoms with van der Waals surface area (Å²) in [6, 6.07) is 12.3. The van der Waals surface area contributed by atoms with Gasteiger partial charge in [-0.05, 0) is 59.2 Å². The Labute approximate surface area is 186 Å². The lowest BCUT2D eigenvalue weighted by Crippen LogP contribution is -2.37. The summed E-state index contributed by atoms with van der Waals surface area (Å²) in [4.78, 5) is 14.5. The molecule has 1 aromatic heterocycles. The molecule has 0 radical (unpaired) electrons. The van der Waals surface area contributed by atoms with Gasteiger partial charge in [-0.1, -0.05) is 12.1 Å². The second-order valence-electron chi connectivity index (χ2n) is 8.23. The molecule has 1 saturated carbocycles. The Kier molecular flexibility index (Phi) is 6.45. The van der Waals surface area contributed by atoms with E-state index in [1.807, 2.05) is 18.2 Å². The standard InChI is InChI=1S/C23H27FN6O2/c1-29(2)23(31)19-9-10-20(22(19)15-4-6-17(24)7-5-15)25-13-16-12-18(8-11-21(16)32-3)30-14-26-27-28-30/h4-8,11-12,14,19-20,22,25H,9-10,13H2,1-3H3/t19-,20-,22+/m0/s1. The van der Waals surface area contributed by atoms with E-state index in [4.69, 9.17) is 4.74 Å². The molecule has 2 aromatic carbocycles. The molecule has 1 amide bonds. The number of benzene rings is 2. The van der Waals surface area contributed by atoms with Crippen molar-refractivity contribution in [2.45, 2.75) is 31.3 Å². The number of hydrogen-bond acceptors (Lipinski definition) is 6. The number of hydrogen-bond donors (Lipinski definition) is 1. The quantitative estimate of drug-likeness (QED) is 0.610. The highest BCUT2D eigenvalue weighted by Gasteiger charge is 2.41. The second-order valence-corrected chi connectivity index (χ2v) is 8.23. The minimum atomic E-state index is -0.282. The van der Waals surface area contributed by atoms with Crippen LogP contribution in [0.25, 0.3) is 5.69 Å². The second kappa shape index (κ2) is 9.44. The Bertz CT molecular complexity index is 1050. The zero-order chi connectivity index (χ0) is 22.7. The fraction of sp³-hybridized carbons (Fsp3) is 0.391. The van der Waals surface area contributed by atoms with E-state index in [9.17, 15) is 9.18 Å². The number of ether oxygens (including phenoxy) is 1. The van der Waals surface area contributed by atoms with E-state index < -0.39 is 0 Å². The third-order valence-corrected chi connectivity index (χ3v) is 6.10. The molecule has 3 atom stereocenters. The highest BCUT2D eigenvalue weighted by molar-refractivity contribution is 5.80. The minimum Gasteiger partial charge on any atom is -0.496 e. The predicted octanol–water partition coefficient (Wildman–Crippen LogP) is 2.55. The van der Waals surface area contributed by atoms with Crippen molar-refractivity contribution in [3.63, 3.8) is 0 Å². The zero-order valence-electron chi connectivity index (χ0n) is 18.4. The number of amides is 1. The first-order valence-electron chi connectivity index (χ1n) is 10.6. The van der Waals surface area contributed by atoms with E-state index in [0.717, 1.165) is 35.4 Å². The Morgan fingerprint density at radius 2 is 2.00 bits per heavy atom. The summed E-state index contributed by atoms with van der Waals surface area (Å²) >= 11 is 0. The maximum atomic E-state index is 13.5. The molecular weight excluding hydrogens is 411 g/mol. The molecule has 32 heavy (non-hydrogen) atoms. The van der Waals surface area contributed by atoms with Gasteiger partial charge in [-0.15, -0.1) is 5.10 Å². The summed E-state index contributed by atoms with van der Waals surface area (Å²) in [5, 5.41) is 15.0. The molecule has 0 bridgehead atoms. The number of halogens is 1. The van der Waals surface area contributed by atoms with Gasteiger partial charge in [0.25, 0.3) is 0 Å². The molecule has 4 rings (SSSR count). The normalized spacial score (nSPS) is 20.3. The van der Waals surface area contributed by atoms with E-state index >= 15 is 0 Å². The van der Waals surface area contributed by atoms with Crippen molar-refractivity contribution in [1.29, 1.82) is 0 Å². The van der Waals surface area contributed by atoms with Crippen molar-refractivity contribution in [2.24, 2.45) is 5.92 Å². The Morgan fingerprint density at radius 1 is 1.22 bits per heavy atom. The van der Waals surface area contributed by atoms with Gasteiger partial charge in [0.2, 0.25) is 5.91 Å². The first-order valence-corrected chi connectivity index (χ1v) is 10.6. The van der Waals surface area contributed by atoms with E-state index in [-0.39, 0.29) is 29.6 Å². The van der Waals surface area contributed by atoms with Gasteiger partial charge in [0.05, 0.1) is 12.8 Å². The summed E-state index contributed by atoms with van der Waals surface area (Å²) in [5.74, 6) is 0.381. The molecule has 1 fully saturated rings. The first-order chi connectivity index (χ1) is 15.5. The van der Waals surface area contributed by atoms with Crippen LogP contribution in [0, 0.1) is 11.7 Å². The molecule has 0 spiro atoms. The van der Waals surface area contributed by atoms with Crippen molar-refractivity contribution < 1.29 is 13.9 Å². The Morgan fingerprint density at radius 3 is 2.66 bits per heavy atom. The molecule has 9 heteroatoms. The van der Waals surface area contributed by atoms with Crippen LogP contribution in [0.5, 0.6) is 5.75 Å². The Hall–Kier alpha value is -3.33. The van der Waals surface area contributed by atoms with Gasteiger partial charge in [-0.3, -0.25) is 4.79 Å². The van der Waals surface area contributed by atoms with Crippen LogP contribution in [0.1, 0.15) is 29.9 Å². The van der Waals surface area contributed by atoms with Crippen LogP contribution in [0.15, 0.2) is 48.8 Å². The molecule has 8 nitrogen and oxygen atoms in total. The van der Waals surface area contributed by atoms with Gasteiger partial charge in [0.15, 0.2) is 0 Å². The van der Waals surface area contributed by atoms with Crippen LogP contribution in [-0.2, 0) is 11.3 Å². The van der Waals surface area contributed by atoms with Crippen molar-refractivity contribution in [3.05, 3.63) is 65.7 Å². The zero-order valence-corrected chi connectivity index (χ0v) is 18.4. The summed E-state index contributed by atoms with van der Waals surface area (Å²) in [7, 11) is 5.19. The largest absolute Gasteiger partial charge is 0.496 e. The molecule has 168 valence electrons. The molecule has 0 unspecified atom stereocenters. The number of aromatic nitrogens is 4. The summed E-state index contributed by atoms with van der Waals surface area (Å²) < 4.78 is 20.7. The van der Waals surface area contributed by atoms with Crippen molar-refractivity contribution in [3.8, 4) is 11.4 Å². The molecule has 1 aliphatic carbocycles. The lowest BCUT2D eigenvalue weighted by Gasteiger charge is -2.28. The molecular formula is C23H27FN6O2. The fourth-order valence-electron chi connectivity index (χ4n) is 4.55. The number of nitrogens with zero attached hydrogens (tertiary/aromatic N) is 5. The highest BCUT2D eigenvalue weighted by Crippen LogP contribution is 2.41. The molecule has 3 aromatic rings. The van der Waals surface area contributed by atoms with Crippen LogP contribution in [-0.4, -0.2) is 58.3 Å². The van der Waals surface area contributed by atoms with Gasteiger partial charge in [-0.2, -0.15) is 0 Å². The van der Waals surface area contributed by atoms with Gasteiger partial charge in [0.1, 0.15) is 17.9 Å². The van der Waals surface area contributed by atoms with E-state index in [1.165, 1.54) is 18.5 Å². The lowest BCUT2D eigenvalue weighted by molar-refractivity contribution is -0.133. The van der Waals surface area contributed by atoms with E-state index in [0.29, 0.717) is 6.54 Å². The van der Waals surface area contributed by atoms with Crippen molar-refractivity contribution in [1.82, 2.24) is 30.4 Å². The van der Waals surface area contributed by atoms with Crippen molar-refractivity contribution >= 4 is 5.91 Å². The fourth-order valence-corrected chi connectivity index (χ4v) is 4.55. The maximum absolute atomic E-state index is 13.5. The number of rotatable bonds is 7. The number of carbonyl (C=O) groups is 1. The lowest BCUT2D eigenvalue weighted by atomic mass is 9.85. The summed E-state index contributed by atoms with van der Waals surface area (Å²) in [6.07, 6.45) is 3.16. The molecule has 1 heterocycles.